The van der Waals surface area contributed by atoms with E-state index in [9.17, 15) is 9.18 Å². The predicted octanol–water partition coefficient (Wildman–Crippen LogP) is 3.00. The lowest BCUT2D eigenvalue weighted by Crippen LogP contribution is -2.36. The average molecular weight is 447 g/mol. The molecule has 1 radical (unpaired) electrons. The van der Waals surface area contributed by atoms with Crippen molar-refractivity contribution in [3.8, 4) is 17.3 Å². The molecule has 2 aliphatic heterocycles. The SMILES string of the molecule is COc1ncc(-c2cc3c(c(Nc4ccc(N5CCOCC5)c(F)c4)n2)C(=O)[N]C=C3)cn1. The fraction of sp³-hybridized carbons (Fsp3) is 0.217. The monoisotopic (exact) mass is 447 g/mol. The number of halogens is 1. The van der Waals surface area contributed by atoms with Gasteiger partial charge in [-0.15, -0.1) is 0 Å². The van der Waals surface area contributed by atoms with Crippen LogP contribution in [0.15, 0.2) is 42.9 Å². The van der Waals surface area contributed by atoms with E-state index in [0.717, 1.165) is 0 Å². The van der Waals surface area contributed by atoms with Crippen LogP contribution >= 0.6 is 0 Å². The topological polar surface area (TPSA) is 104 Å². The molecule has 3 aromatic rings. The number of anilines is 3. The Bertz CT molecular complexity index is 1230. The van der Waals surface area contributed by atoms with E-state index in [2.05, 4.69) is 25.6 Å². The molecule has 4 heterocycles. The molecule has 1 amide bonds. The van der Waals surface area contributed by atoms with E-state index in [1.54, 1.807) is 36.7 Å². The first-order valence-corrected chi connectivity index (χ1v) is 10.3. The molecule has 0 aliphatic carbocycles. The summed E-state index contributed by atoms with van der Waals surface area (Å²) in [6, 6.07) is 6.85. The highest BCUT2D eigenvalue weighted by Crippen LogP contribution is 2.31. The van der Waals surface area contributed by atoms with Gasteiger partial charge in [-0.25, -0.2) is 24.7 Å². The Kier molecular flexibility index (Phi) is 5.57. The summed E-state index contributed by atoms with van der Waals surface area (Å²) < 4.78 is 25.2. The summed E-state index contributed by atoms with van der Waals surface area (Å²) in [7, 11) is 1.48. The summed E-state index contributed by atoms with van der Waals surface area (Å²) in [4.78, 5) is 27.3. The number of pyridine rings is 1. The molecule has 0 bridgehead atoms. The van der Waals surface area contributed by atoms with E-state index in [1.165, 1.54) is 19.4 Å². The van der Waals surface area contributed by atoms with Gasteiger partial charge < -0.3 is 19.7 Å². The summed E-state index contributed by atoms with van der Waals surface area (Å²) in [5, 5.41) is 6.95. The van der Waals surface area contributed by atoms with Gasteiger partial charge in [0.25, 0.3) is 5.91 Å². The van der Waals surface area contributed by atoms with Gasteiger partial charge in [-0.3, -0.25) is 4.79 Å². The molecule has 0 spiro atoms. The van der Waals surface area contributed by atoms with E-state index in [1.807, 2.05) is 4.90 Å². The highest BCUT2D eigenvalue weighted by atomic mass is 19.1. The van der Waals surface area contributed by atoms with Gasteiger partial charge >= 0.3 is 6.01 Å². The fourth-order valence-corrected chi connectivity index (χ4v) is 3.75. The van der Waals surface area contributed by atoms with Crippen molar-refractivity contribution in [2.45, 2.75) is 0 Å². The van der Waals surface area contributed by atoms with Crippen LogP contribution in [0.1, 0.15) is 15.9 Å². The van der Waals surface area contributed by atoms with E-state index in [4.69, 9.17) is 9.47 Å². The van der Waals surface area contributed by atoms with Crippen LogP contribution in [-0.2, 0) is 4.74 Å². The normalized spacial score (nSPS) is 15.1. The van der Waals surface area contributed by atoms with Crippen LogP contribution in [0, 0.1) is 5.82 Å². The van der Waals surface area contributed by atoms with Crippen molar-refractivity contribution in [2.75, 3.05) is 43.6 Å². The summed E-state index contributed by atoms with van der Waals surface area (Å²) >= 11 is 0. The van der Waals surface area contributed by atoms with E-state index in [0.29, 0.717) is 60.1 Å². The molecule has 10 heteroatoms. The minimum atomic E-state index is -0.426. The van der Waals surface area contributed by atoms with Gasteiger partial charge in [-0.2, -0.15) is 0 Å². The Balaban J connectivity index is 1.51. The van der Waals surface area contributed by atoms with Gasteiger partial charge in [0.05, 0.1) is 37.3 Å². The Morgan fingerprint density at radius 1 is 1.15 bits per heavy atom. The number of carbonyl (C=O) groups excluding carboxylic acids is 1. The summed E-state index contributed by atoms with van der Waals surface area (Å²) in [6.07, 6.45) is 6.33. The maximum Gasteiger partial charge on any atom is 0.316 e. The second-order valence-corrected chi connectivity index (χ2v) is 7.42. The number of benzene rings is 1. The summed E-state index contributed by atoms with van der Waals surface area (Å²) in [6.45, 7) is 2.40. The lowest BCUT2D eigenvalue weighted by atomic mass is 10.0. The average Bonchev–Trinajstić information content (AvgIpc) is 2.84. The lowest BCUT2D eigenvalue weighted by Gasteiger charge is -2.29. The van der Waals surface area contributed by atoms with Crippen LogP contribution in [0.4, 0.5) is 21.6 Å². The molecule has 2 aliphatic rings. The molecule has 1 saturated heterocycles. The molecule has 167 valence electrons. The second kappa shape index (κ2) is 8.83. The summed E-state index contributed by atoms with van der Waals surface area (Å²) in [5.74, 6) is -0.522. The number of morpholine rings is 1. The number of aromatic nitrogens is 3. The molecule has 1 aromatic carbocycles. The van der Waals surface area contributed by atoms with Gasteiger partial charge in [-0.05, 0) is 35.9 Å². The third-order valence-corrected chi connectivity index (χ3v) is 5.38. The Hall–Kier alpha value is -4.05. The number of nitrogens with zero attached hydrogens (tertiary/aromatic N) is 5. The standard InChI is InChI=1S/C23H20FN6O3/c1-32-23-26-12-15(13-27-23)18-10-14-4-5-25-22(31)20(14)21(29-18)28-16-2-3-19(17(24)11-16)30-6-8-33-9-7-30/h2-5,10-13H,6-9H2,1H3,(H,28,29). The third-order valence-electron chi connectivity index (χ3n) is 5.38. The number of nitrogens with one attached hydrogen (secondary N) is 1. The van der Waals surface area contributed by atoms with E-state index < -0.39 is 5.91 Å². The molecule has 5 rings (SSSR count). The molecule has 1 fully saturated rings. The minimum absolute atomic E-state index is 0.236. The maximum absolute atomic E-state index is 14.9. The fourth-order valence-electron chi connectivity index (χ4n) is 3.75. The Morgan fingerprint density at radius 2 is 1.94 bits per heavy atom. The van der Waals surface area contributed by atoms with Gasteiger partial charge in [0, 0.05) is 42.9 Å². The molecule has 33 heavy (non-hydrogen) atoms. The highest BCUT2D eigenvalue weighted by molar-refractivity contribution is 6.05. The number of hydrogen-bond donors (Lipinski definition) is 1. The number of fused-ring (bicyclic) bond motifs is 1. The van der Waals surface area contributed by atoms with Crippen molar-refractivity contribution in [3.63, 3.8) is 0 Å². The van der Waals surface area contributed by atoms with Gasteiger partial charge in [0.15, 0.2) is 0 Å². The number of methoxy groups -OCH3 is 1. The first kappa shape index (κ1) is 20.8. The number of hydrogen-bond acceptors (Lipinski definition) is 8. The predicted molar refractivity (Wildman–Crippen MR) is 120 cm³/mol. The minimum Gasteiger partial charge on any atom is -0.467 e. The van der Waals surface area contributed by atoms with Crippen molar-refractivity contribution in [1.82, 2.24) is 20.3 Å². The van der Waals surface area contributed by atoms with E-state index in [-0.39, 0.29) is 17.6 Å². The van der Waals surface area contributed by atoms with Gasteiger partial charge in [0.1, 0.15) is 11.6 Å². The van der Waals surface area contributed by atoms with Crippen LogP contribution in [0.2, 0.25) is 0 Å². The molecule has 2 aromatic heterocycles. The lowest BCUT2D eigenvalue weighted by molar-refractivity contribution is 0.0965. The summed E-state index contributed by atoms with van der Waals surface area (Å²) in [5.41, 5.74) is 3.11. The number of rotatable bonds is 5. The molecular formula is C23H20FN6O3. The molecule has 1 N–H and O–H groups in total. The number of carbonyl (C=O) groups is 1. The Labute approximate surface area is 189 Å². The van der Waals surface area contributed by atoms with Crippen LogP contribution < -0.4 is 20.3 Å². The quantitative estimate of drug-likeness (QED) is 0.637. The Morgan fingerprint density at radius 3 is 2.67 bits per heavy atom. The maximum atomic E-state index is 14.9. The molecule has 0 atom stereocenters. The van der Waals surface area contributed by atoms with Crippen LogP contribution in [-0.4, -0.2) is 54.3 Å². The van der Waals surface area contributed by atoms with Gasteiger partial charge in [0.2, 0.25) is 0 Å². The number of ether oxygens (including phenoxy) is 2. The van der Waals surface area contributed by atoms with Crippen molar-refractivity contribution in [2.24, 2.45) is 0 Å². The van der Waals surface area contributed by atoms with Crippen molar-refractivity contribution < 1.29 is 18.7 Å². The molecular weight excluding hydrogens is 427 g/mol. The smallest absolute Gasteiger partial charge is 0.316 e. The van der Waals surface area contributed by atoms with E-state index >= 15 is 0 Å². The van der Waals surface area contributed by atoms with Crippen LogP contribution in [0.25, 0.3) is 17.3 Å². The number of amides is 1. The van der Waals surface area contributed by atoms with Crippen molar-refractivity contribution in [1.29, 1.82) is 0 Å². The highest BCUT2D eigenvalue weighted by Gasteiger charge is 2.23. The van der Waals surface area contributed by atoms with Gasteiger partial charge in [-0.1, -0.05) is 0 Å². The van der Waals surface area contributed by atoms with Crippen LogP contribution in [0.5, 0.6) is 6.01 Å². The van der Waals surface area contributed by atoms with Crippen molar-refractivity contribution >= 4 is 29.2 Å². The molecule has 9 nitrogen and oxygen atoms in total. The zero-order valence-electron chi connectivity index (χ0n) is 17.8. The second-order valence-electron chi connectivity index (χ2n) is 7.42. The largest absolute Gasteiger partial charge is 0.467 e. The third kappa shape index (κ3) is 4.20. The van der Waals surface area contributed by atoms with Crippen molar-refractivity contribution in [3.05, 3.63) is 59.8 Å². The molecule has 0 saturated carbocycles. The first-order valence-electron chi connectivity index (χ1n) is 10.3. The first-order chi connectivity index (χ1) is 16.1. The zero-order chi connectivity index (χ0) is 22.8. The molecule has 0 unspecified atom stereocenters. The van der Waals surface area contributed by atoms with Crippen LogP contribution in [0.3, 0.4) is 0 Å². The zero-order valence-corrected chi connectivity index (χ0v) is 17.8.